The van der Waals surface area contributed by atoms with Crippen molar-refractivity contribution in [3.05, 3.63) is 0 Å². The van der Waals surface area contributed by atoms with Crippen LogP contribution in [0.3, 0.4) is 0 Å². The third kappa shape index (κ3) is 8.41. The van der Waals surface area contributed by atoms with E-state index in [0.29, 0.717) is 0 Å². The monoisotopic (exact) mass is 194 g/mol. The molecule has 0 aliphatic rings. The zero-order valence-corrected chi connectivity index (χ0v) is 9.10. The Morgan fingerprint density at radius 1 is 1.18 bits per heavy atom. The Labute approximate surface area is 76.2 Å². The van der Waals surface area contributed by atoms with Gasteiger partial charge in [0, 0.05) is 11.5 Å². The standard InChI is InChI=1S/C8H18OS2/c1-3-5-7-10-11(9)8-6-4-2/h3-8H2,1-2H3/t11-/m0/s1. The second-order valence-corrected chi connectivity index (χ2v) is 6.02. The molecule has 0 N–H and O–H groups in total. The summed E-state index contributed by atoms with van der Waals surface area (Å²) in [6.07, 6.45) is 4.66. The first-order valence-corrected chi connectivity index (χ1v) is 7.15. The summed E-state index contributed by atoms with van der Waals surface area (Å²) in [5, 5.41) is 0. The molecule has 0 heterocycles. The molecule has 3 heteroatoms. The van der Waals surface area contributed by atoms with Crippen LogP contribution < -0.4 is 0 Å². The molecule has 0 radical (unpaired) electrons. The van der Waals surface area contributed by atoms with Crippen molar-refractivity contribution in [2.45, 2.75) is 39.5 Å². The highest BCUT2D eigenvalue weighted by atomic mass is 33.1. The Hall–Kier alpha value is 0.500. The van der Waals surface area contributed by atoms with Gasteiger partial charge in [-0.3, -0.25) is 0 Å². The van der Waals surface area contributed by atoms with Crippen LogP contribution in [0.2, 0.25) is 0 Å². The van der Waals surface area contributed by atoms with Gasteiger partial charge in [0.1, 0.15) is 0 Å². The molecule has 0 bridgehead atoms. The van der Waals surface area contributed by atoms with Gasteiger partial charge in [0.25, 0.3) is 0 Å². The lowest BCUT2D eigenvalue weighted by atomic mass is 10.4. The van der Waals surface area contributed by atoms with Gasteiger partial charge in [0.2, 0.25) is 0 Å². The van der Waals surface area contributed by atoms with Crippen LogP contribution >= 0.6 is 10.8 Å². The summed E-state index contributed by atoms with van der Waals surface area (Å²) in [6.45, 7) is 4.30. The molecule has 0 spiro atoms. The smallest absolute Gasteiger partial charge is 0.0803 e. The quantitative estimate of drug-likeness (QED) is 0.458. The normalized spacial score (nSPS) is 13.3. The van der Waals surface area contributed by atoms with Gasteiger partial charge in [-0.25, -0.2) is 4.21 Å². The van der Waals surface area contributed by atoms with E-state index in [1.165, 1.54) is 12.8 Å². The van der Waals surface area contributed by atoms with Crippen molar-refractivity contribution in [2.75, 3.05) is 11.5 Å². The van der Waals surface area contributed by atoms with Gasteiger partial charge in [0.15, 0.2) is 0 Å². The molecular weight excluding hydrogens is 176 g/mol. The van der Waals surface area contributed by atoms with E-state index in [2.05, 4.69) is 13.8 Å². The first-order chi connectivity index (χ1) is 5.31. The van der Waals surface area contributed by atoms with Gasteiger partial charge in [-0.2, -0.15) is 0 Å². The Kier molecular flexibility index (Phi) is 8.99. The summed E-state index contributed by atoms with van der Waals surface area (Å²) < 4.78 is 11.2. The molecule has 0 rings (SSSR count). The Balaban J connectivity index is 3.09. The molecule has 0 amide bonds. The topological polar surface area (TPSA) is 17.1 Å². The molecule has 0 aliphatic heterocycles. The van der Waals surface area contributed by atoms with Crippen molar-refractivity contribution in [3.8, 4) is 0 Å². The van der Waals surface area contributed by atoms with Crippen molar-refractivity contribution in [3.63, 3.8) is 0 Å². The van der Waals surface area contributed by atoms with E-state index in [9.17, 15) is 4.21 Å². The van der Waals surface area contributed by atoms with Crippen LogP contribution in [0.15, 0.2) is 0 Å². The molecule has 0 aliphatic carbocycles. The molecule has 0 aromatic heterocycles. The van der Waals surface area contributed by atoms with Crippen LogP contribution in [0.1, 0.15) is 39.5 Å². The zero-order valence-electron chi connectivity index (χ0n) is 7.47. The van der Waals surface area contributed by atoms with Crippen molar-refractivity contribution in [2.24, 2.45) is 0 Å². The average molecular weight is 194 g/mol. The van der Waals surface area contributed by atoms with Gasteiger partial charge in [-0.15, -0.1) is 0 Å². The van der Waals surface area contributed by atoms with Gasteiger partial charge in [-0.1, -0.05) is 37.5 Å². The van der Waals surface area contributed by atoms with Crippen molar-refractivity contribution in [1.29, 1.82) is 0 Å². The Morgan fingerprint density at radius 3 is 2.36 bits per heavy atom. The van der Waals surface area contributed by atoms with Crippen molar-refractivity contribution >= 4 is 20.6 Å². The predicted octanol–water partition coefficient (Wildman–Crippen LogP) is 2.98. The molecule has 68 valence electrons. The van der Waals surface area contributed by atoms with E-state index < -0.39 is 9.83 Å². The molecule has 0 saturated carbocycles. The van der Waals surface area contributed by atoms with E-state index in [1.807, 2.05) is 0 Å². The fraction of sp³-hybridized carbons (Fsp3) is 1.00. The fourth-order valence-corrected chi connectivity index (χ4v) is 3.47. The van der Waals surface area contributed by atoms with Crippen LogP contribution in [0.25, 0.3) is 0 Å². The number of rotatable bonds is 7. The fourth-order valence-electron chi connectivity index (χ4n) is 0.617. The van der Waals surface area contributed by atoms with Gasteiger partial charge in [0.05, 0.1) is 9.83 Å². The lowest BCUT2D eigenvalue weighted by molar-refractivity contribution is 0.688. The Morgan fingerprint density at radius 2 is 1.82 bits per heavy atom. The molecule has 0 unspecified atom stereocenters. The Bertz CT molecular complexity index is 104. The minimum atomic E-state index is -0.605. The maximum absolute atomic E-state index is 11.2. The van der Waals surface area contributed by atoms with Gasteiger partial charge >= 0.3 is 0 Å². The third-order valence-corrected chi connectivity index (χ3v) is 4.51. The molecule has 0 fully saturated rings. The van der Waals surface area contributed by atoms with Gasteiger partial charge < -0.3 is 0 Å². The van der Waals surface area contributed by atoms with E-state index in [4.69, 9.17) is 0 Å². The van der Waals surface area contributed by atoms with Crippen molar-refractivity contribution in [1.82, 2.24) is 0 Å². The van der Waals surface area contributed by atoms with Crippen LogP contribution in [0.5, 0.6) is 0 Å². The number of hydrogen-bond donors (Lipinski definition) is 0. The highest BCUT2D eigenvalue weighted by Gasteiger charge is 1.97. The molecule has 0 saturated heterocycles. The van der Waals surface area contributed by atoms with Crippen molar-refractivity contribution < 1.29 is 4.21 Å². The first kappa shape index (κ1) is 11.5. The summed E-state index contributed by atoms with van der Waals surface area (Å²) in [6, 6.07) is 0. The highest BCUT2D eigenvalue weighted by Crippen LogP contribution is 2.11. The maximum atomic E-state index is 11.2. The minimum absolute atomic E-state index is 0.605. The highest BCUT2D eigenvalue weighted by molar-refractivity contribution is 8.69. The zero-order chi connectivity index (χ0) is 8.53. The molecule has 1 atom stereocenters. The second-order valence-electron chi connectivity index (χ2n) is 2.54. The minimum Gasteiger partial charge on any atom is -0.248 e. The summed E-state index contributed by atoms with van der Waals surface area (Å²) in [7, 11) is 1.01. The predicted molar refractivity (Wildman–Crippen MR) is 55.3 cm³/mol. The van der Waals surface area contributed by atoms with E-state index in [-0.39, 0.29) is 0 Å². The molecule has 0 aromatic rings. The van der Waals surface area contributed by atoms with E-state index in [0.717, 1.165) is 24.3 Å². The van der Waals surface area contributed by atoms with Crippen LogP contribution in [-0.2, 0) is 9.83 Å². The summed E-state index contributed by atoms with van der Waals surface area (Å²) in [5.74, 6) is 1.94. The first-order valence-electron chi connectivity index (χ1n) is 4.32. The van der Waals surface area contributed by atoms with E-state index >= 15 is 0 Å². The molecule has 1 nitrogen and oxygen atoms in total. The number of unbranched alkanes of at least 4 members (excludes halogenated alkanes) is 2. The lowest BCUT2D eigenvalue weighted by Gasteiger charge is -1.98. The summed E-state index contributed by atoms with van der Waals surface area (Å²) in [5.41, 5.74) is 0. The maximum Gasteiger partial charge on any atom is 0.0803 e. The molecular formula is C8H18OS2. The second kappa shape index (κ2) is 8.60. The lowest BCUT2D eigenvalue weighted by Crippen LogP contribution is -1.92. The summed E-state index contributed by atoms with van der Waals surface area (Å²) in [4.78, 5) is 0. The van der Waals surface area contributed by atoms with Crippen LogP contribution in [0, 0.1) is 0 Å². The van der Waals surface area contributed by atoms with Crippen LogP contribution in [-0.4, -0.2) is 15.7 Å². The van der Waals surface area contributed by atoms with E-state index in [1.54, 1.807) is 10.8 Å². The van der Waals surface area contributed by atoms with Gasteiger partial charge in [-0.05, 0) is 12.8 Å². The molecule has 0 aromatic carbocycles. The summed E-state index contributed by atoms with van der Waals surface area (Å²) >= 11 is 0. The molecule has 11 heavy (non-hydrogen) atoms. The average Bonchev–Trinajstić information content (AvgIpc) is 2.01. The number of hydrogen-bond acceptors (Lipinski definition) is 2. The SMILES string of the molecule is CCCCS[S@](=O)CCCC. The largest absolute Gasteiger partial charge is 0.248 e. The third-order valence-electron chi connectivity index (χ3n) is 1.38. The van der Waals surface area contributed by atoms with Crippen LogP contribution in [0.4, 0.5) is 0 Å².